The van der Waals surface area contributed by atoms with E-state index in [2.05, 4.69) is 38.2 Å². The number of aliphatic hydroxyl groups is 1. The van der Waals surface area contributed by atoms with Crippen molar-refractivity contribution >= 4 is 0 Å². The summed E-state index contributed by atoms with van der Waals surface area (Å²) in [5.41, 5.74) is 2.41. The maximum atomic E-state index is 9.01. The molecule has 0 aliphatic rings. The number of benzene rings is 1. The van der Waals surface area contributed by atoms with E-state index in [0.717, 1.165) is 12.3 Å². The highest BCUT2D eigenvalue weighted by Gasteiger charge is 2.07. The van der Waals surface area contributed by atoms with Crippen molar-refractivity contribution in [1.29, 1.82) is 0 Å². The zero-order valence-electron chi connectivity index (χ0n) is 11.9. The van der Waals surface area contributed by atoms with Crippen LogP contribution in [0.25, 0.3) is 0 Å². The minimum atomic E-state index is 0.158. The van der Waals surface area contributed by atoms with Crippen LogP contribution in [0.3, 0.4) is 0 Å². The van der Waals surface area contributed by atoms with E-state index in [1.54, 1.807) is 0 Å². The monoisotopic (exact) mass is 251 g/mol. The molecule has 102 valence electrons. The Morgan fingerprint density at radius 1 is 1.28 bits per heavy atom. The Morgan fingerprint density at radius 3 is 2.61 bits per heavy atom. The van der Waals surface area contributed by atoms with Crippen LogP contribution < -0.4 is 10.1 Å². The van der Waals surface area contributed by atoms with Crippen molar-refractivity contribution in [3.63, 3.8) is 0 Å². The molecule has 18 heavy (non-hydrogen) atoms. The first-order valence-electron chi connectivity index (χ1n) is 6.59. The van der Waals surface area contributed by atoms with Crippen molar-refractivity contribution in [2.45, 2.75) is 40.3 Å². The van der Waals surface area contributed by atoms with Gasteiger partial charge in [0.05, 0.1) is 6.61 Å². The van der Waals surface area contributed by atoms with Gasteiger partial charge in [-0.2, -0.15) is 0 Å². The van der Waals surface area contributed by atoms with Gasteiger partial charge in [0.15, 0.2) is 0 Å². The van der Waals surface area contributed by atoms with Crippen molar-refractivity contribution in [3.05, 3.63) is 29.3 Å². The van der Waals surface area contributed by atoms with Crippen LogP contribution in [-0.2, 0) is 6.54 Å². The minimum absolute atomic E-state index is 0.158. The Labute approximate surface area is 110 Å². The lowest BCUT2D eigenvalue weighted by Crippen LogP contribution is -2.22. The number of nitrogens with one attached hydrogen (secondary N) is 1. The molecule has 0 aliphatic carbocycles. The Bertz CT molecular complexity index is 364. The second-order valence-corrected chi connectivity index (χ2v) is 5.25. The predicted octanol–water partition coefficient (Wildman–Crippen LogP) is 2.50. The Balaban J connectivity index is 2.69. The summed E-state index contributed by atoms with van der Waals surface area (Å²) in [4.78, 5) is 0. The normalized spacial score (nSPS) is 12.8. The average Bonchev–Trinajstić information content (AvgIpc) is 2.34. The molecule has 0 aromatic heterocycles. The van der Waals surface area contributed by atoms with E-state index in [0.29, 0.717) is 12.6 Å². The SMILES string of the molecule is Cc1ccc(OCC(C)CO)c(CNC(C)C)c1. The van der Waals surface area contributed by atoms with Gasteiger partial charge in [-0.25, -0.2) is 0 Å². The van der Waals surface area contributed by atoms with Gasteiger partial charge in [-0.15, -0.1) is 0 Å². The third-order valence-electron chi connectivity index (χ3n) is 2.75. The predicted molar refractivity (Wildman–Crippen MR) is 74.9 cm³/mol. The smallest absolute Gasteiger partial charge is 0.123 e. The molecule has 0 aliphatic heterocycles. The fraction of sp³-hybridized carbons (Fsp3) is 0.600. The van der Waals surface area contributed by atoms with Gasteiger partial charge in [0.25, 0.3) is 0 Å². The van der Waals surface area contributed by atoms with Crippen molar-refractivity contribution in [2.24, 2.45) is 5.92 Å². The Morgan fingerprint density at radius 2 is 2.00 bits per heavy atom. The lowest BCUT2D eigenvalue weighted by Gasteiger charge is -2.16. The van der Waals surface area contributed by atoms with Gasteiger partial charge in [0.1, 0.15) is 5.75 Å². The second-order valence-electron chi connectivity index (χ2n) is 5.25. The van der Waals surface area contributed by atoms with Crippen molar-refractivity contribution in [2.75, 3.05) is 13.2 Å². The second kappa shape index (κ2) is 7.39. The van der Waals surface area contributed by atoms with Crippen molar-refractivity contribution in [3.8, 4) is 5.75 Å². The molecule has 0 saturated carbocycles. The first kappa shape index (κ1) is 15.0. The van der Waals surface area contributed by atoms with Crippen LogP contribution in [0.4, 0.5) is 0 Å². The number of ether oxygens (including phenoxy) is 1. The highest BCUT2D eigenvalue weighted by atomic mass is 16.5. The highest BCUT2D eigenvalue weighted by Crippen LogP contribution is 2.20. The lowest BCUT2D eigenvalue weighted by molar-refractivity contribution is 0.173. The van der Waals surface area contributed by atoms with E-state index < -0.39 is 0 Å². The third kappa shape index (κ3) is 5.07. The van der Waals surface area contributed by atoms with E-state index in [1.807, 2.05) is 13.0 Å². The molecular formula is C15H25NO2. The number of aliphatic hydroxyl groups excluding tert-OH is 1. The van der Waals surface area contributed by atoms with E-state index in [9.17, 15) is 0 Å². The highest BCUT2D eigenvalue weighted by molar-refractivity contribution is 5.36. The largest absolute Gasteiger partial charge is 0.493 e. The van der Waals surface area contributed by atoms with E-state index in [1.165, 1.54) is 11.1 Å². The summed E-state index contributed by atoms with van der Waals surface area (Å²) in [6.07, 6.45) is 0. The zero-order valence-corrected chi connectivity index (χ0v) is 11.9. The molecule has 0 spiro atoms. The van der Waals surface area contributed by atoms with Gasteiger partial charge in [0, 0.05) is 30.7 Å². The minimum Gasteiger partial charge on any atom is -0.493 e. The van der Waals surface area contributed by atoms with Gasteiger partial charge >= 0.3 is 0 Å². The molecule has 0 bridgehead atoms. The molecule has 0 heterocycles. The van der Waals surface area contributed by atoms with E-state index >= 15 is 0 Å². The molecule has 1 aromatic rings. The maximum Gasteiger partial charge on any atom is 0.123 e. The molecule has 0 amide bonds. The summed E-state index contributed by atoms with van der Waals surface area (Å²) < 4.78 is 5.78. The molecule has 2 N–H and O–H groups in total. The third-order valence-corrected chi connectivity index (χ3v) is 2.75. The zero-order chi connectivity index (χ0) is 13.5. The van der Waals surface area contributed by atoms with Crippen LogP contribution in [0.1, 0.15) is 31.9 Å². The van der Waals surface area contributed by atoms with Crippen molar-refractivity contribution < 1.29 is 9.84 Å². The first-order valence-corrected chi connectivity index (χ1v) is 6.59. The summed E-state index contributed by atoms with van der Waals surface area (Å²) in [6, 6.07) is 6.66. The molecule has 0 radical (unpaired) electrons. The number of aryl methyl sites for hydroxylation is 1. The Kier molecular flexibility index (Phi) is 6.16. The number of hydrogen-bond acceptors (Lipinski definition) is 3. The molecule has 1 unspecified atom stereocenters. The molecule has 1 aromatic carbocycles. The first-order chi connectivity index (χ1) is 8.52. The standard InChI is InChI=1S/C15H25NO2/c1-11(2)16-8-14-7-12(3)5-6-15(14)18-10-13(4)9-17/h5-7,11,13,16-17H,8-10H2,1-4H3. The van der Waals surface area contributed by atoms with Gasteiger partial charge in [-0.05, 0) is 13.0 Å². The van der Waals surface area contributed by atoms with Crippen LogP contribution in [0, 0.1) is 12.8 Å². The molecule has 1 atom stereocenters. The van der Waals surface area contributed by atoms with E-state index in [4.69, 9.17) is 9.84 Å². The quantitative estimate of drug-likeness (QED) is 0.782. The van der Waals surface area contributed by atoms with Gasteiger partial charge in [0.2, 0.25) is 0 Å². The molecule has 0 saturated heterocycles. The fourth-order valence-electron chi connectivity index (χ4n) is 1.59. The van der Waals surface area contributed by atoms with Crippen LogP contribution in [0.5, 0.6) is 5.75 Å². The van der Waals surface area contributed by atoms with Gasteiger partial charge in [-0.1, -0.05) is 38.5 Å². The van der Waals surface area contributed by atoms with Crippen LogP contribution in [0.15, 0.2) is 18.2 Å². The van der Waals surface area contributed by atoms with Gasteiger partial charge < -0.3 is 15.2 Å². The van der Waals surface area contributed by atoms with Crippen LogP contribution >= 0.6 is 0 Å². The van der Waals surface area contributed by atoms with Gasteiger partial charge in [-0.3, -0.25) is 0 Å². The van der Waals surface area contributed by atoms with Crippen LogP contribution in [0.2, 0.25) is 0 Å². The van der Waals surface area contributed by atoms with E-state index in [-0.39, 0.29) is 12.5 Å². The molecular weight excluding hydrogens is 226 g/mol. The number of rotatable bonds is 7. The average molecular weight is 251 g/mol. The number of hydrogen-bond donors (Lipinski definition) is 2. The summed E-state index contributed by atoms with van der Waals surface area (Å²) >= 11 is 0. The lowest BCUT2D eigenvalue weighted by atomic mass is 10.1. The summed E-state index contributed by atoms with van der Waals surface area (Å²) in [6.45, 7) is 9.83. The maximum absolute atomic E-state index is 9.01. The molecule has 1 rings (SSSR count). The molecule has 3 nitrogen and oxygen atoms in total. The van der Waals surface area contributed by atoms with Crippen molar-refractivity contribution in [1.82, 2.24) is 5.32 Å². The van der Waals surface area contributed by atoms with Crippen LogP contribution in [-0.4, -0.2) is 24.4 Å². The topological polar surface area (TPSA) is 41.5 Å². The summed E-state index contributed by atoms with van der Waals surface area (Å²) in [5.74, 6) is 1.08. The Hall–Kier alpha value is -1.06. The summed E-state index contributed by atoms with van der Waals surface area (Å²) in [7, 11) is 0. The molecule has 0 fully saturated rings. The molecule has 3 heteroatoms. The summed E-state index contributed by atoms with van der Waals surface area (Å²) in [5, 5.41) is 12.4. The fourth-order valence-corrected chi connectivity index (χ4v) is 1.59.